The van der Waals surface area contributed by atoms with E-state index in [2.05, 4.69) is 0 Å². The molecule has 0 aromatic rings. The van der Waals surface area contributed by atoms with Gasteiger partial charge in [0.25, 0.3) is 0 Å². The lowest BCUT2D eigenvalue weighted by Gasteiger charge is -2.30. The molecule has 1 fully saturated rings. The van der Waals surface area contributed by atoms with Crippen molar-refractivity contribution in [3.63, 3.8) is 0 Å². The van der Waals surface area contributed by atoms with Gasteiger partial charge in [-0.1, -0.05) is 20.3 Å². The van der Waals surface area contributed by atoms with E-state index in [0.717, 1.165) is 12.8 Å². The Morgan fingerprint density at radius 3 is 2.56 bits per heavy atom. The number of sulfone groups is 1. The van der Waals surface area contributed by atoms with Gasteiger partial charge >= 0.3 is 0 Å². The second-order valence-electron chi connectivity index (χ2n) is 4.96. The molecule has 0 radical (unpaired) electrons. The lowest BCUT2D eigenvalue weighted by atomic mass is 10.1. The Bertz CT molecular complexity index is 381. The van der Waals surface area contributed by atoms with Crippen LogP contribution in [0.4, 0.5) is 0 Å². The third kappa shape index (κ3) is 3.95. The molecular formula is C12H24N2O3S. The summed E-state index contributed by atoms with van der Waals surface area (Å²) in [6.07, 6.45) is 3.00. The van der Waals surface area contributed by atoms with E-state index in [4.69, 9.17) is 5.73 Å². The van der Waals surface area contributed by atoms with Crippen molar-refractivity contribution in [1.29, 1.82) is 0 Å². The van der Waals surface area contributed by atoms with Gasteiger partial charge < -0.3 is 10.6 Å². The summed E-state index contributed by atoms with van der Waals surface area (Å²) in [6, 6.07) is -0.684. The number of nitrogens with zero attached hydrogens (tertiary/aromatic N) is 1. The number of carbonyl (C=O) groups excluding carboxylic acids is 1. The van der Waals surface area contributed by atoms with E-state index in [1.807, 2.05) is 13.8 Å². The fourth-order valence-electron chi connectivity index (χ4n) is 2.21. The number of rotatable bonds is 6. The van der Waals surface area contributed by atoms with Crippen LogP contribution in [0.2, 0.25) is 0 Å². The molecule has 6 heteroatoms. The molecule has 2 atom stereocenters. The van der Waals surface area contributed by atoms with Crippen LogP contribution in [0.1, 0.15) is 39.5 Å². The molecule has 18 heavy (non-hydrogen) atoms. The van der Waals surface area contributed by atoms with Gasteiger partial charge in [-0.25, -0.2) is 8.42 Å². The molecule has 1 unspecified atom stereocenters. The SMILES string of the molecule is CCCCN(C(=O)[C@H](N)CC)C1CCS(=O)(=O)C1. The molecule has 0 bridgehead atoms. The number of carbonyl (C=O) groups is 1. The summed E-state index contributed by atoms with van der Waals surface area (Å²) in [5.41, 5.74) is 5.78. The average Bonchev–Trinajstić information content (AvgIpc) is 2.68. The maximum Gasteiger partial charge on any atom is 0.239 e. The van der Waals surface area contributed by atoms with Crippen LogP contribution < -0.4 is 5.73 Å². The number of amides is 1. The highest BCUT2D eigenvalue weighted by Gasteiger charge is 2.35. The fourth-order valence-corrected chi connectivity index (χ4v) is 3.94. The number of hydrogen-bond donors (Lipinski definition) is 1. The normalized spacial score (nSPS) is 23.8. The third-order valence-electron chi connectivity index (χ3n) is 3.44. The summed E-state index contributed by atoms with van der Waals surface area (Å²) in [7, 11) is -2.97. The molecule has 1 aliphatic rings. The molecule has 0 aliphatic carbocycles. The molecule has 0 aromatic heterocycles. The smallest absolute Gasteiger partial charge is 0.239 e. The van der Waals surface area contributed by atoms with Crippen molar-refractivity contribution in [2.24, 2.45) is 5.73 Å². The summed E-state index contributed by atoms with van der Waals surface area (Å²) in [6.45, 7) is 4.53. The van der Waals surface area contributed by atoms with E-state index in [1.54, 1.807) is 4.90 Å². The summed E-state index contributed by atoms with van der Waals surface area (Å²) in [5.74, 6) is 0.182. The maximum absolute atomic E-state index is 12.2. The van der Waals surface area contributed by atoms with Crippen molar-refractivity contribution < 1.29 is 13.2 Å². The summed E-state index contributed by atoms with van der Waals surface area (Å²) in [4.78, 5) is 13.9. The Labute approximate surface area is 110 Å². The first-order valence-electron chi connectivity index (χ1n) is 6.67. The van der Waals surface area contributed by atoms with Crippen molar-refractivity contribution in [1.82, 2.24) is 4.90 Å². The first kappa shape index (κ1) is 15.4. The monoisotopic (exact) mass is 276 g/mol. The molecule has 0 spiro atoms. The average molecular weight is 276 g/mol. The molecule has 1 amide bonds. The Morgan fingerprint density at radius 1 is 1.44 bits per heavy atom. The van der Waals surface area contributed by atoms with Gasteiger partial charge in [0.2, 0.25) is 5.91 Å². The molecule has 0 aromatic carbocycles. The molecule has 2 N–H and O–H groups in total. The summed E-state index contributed by atoms with van der Waals surface area (Å²) >= 11 is 0. The zero-order valence-electron chi connectivity index (χ0n) is 11.3. The van der Waals surface area contributed by atoms with Crippen LogP contribution in [-0.4, -0.2) is 49.4 Å². The quantitative estimate of drug-likeness (QED) is 0.768. The first-order chi connectivity index (χ1) is 8.41. The van der Waals surface area contributed by atoms with Crippen molar-refractivity contribution in [2.45, 2.75) is 51.6 Å². The van der Waals surface area contributed by atoms with Crippen LogP contribution in [0, 0.1) is 0 Å². The fraction of sp³-hybridized carbons (Fsp3) is 0.917. The minimum absolute atomic E-state index is 0.0961. The molecule has 5 nitrogen and oxygen atoms in total. The predicted octanol–water partition coefficient (Wildman–Crippen LogP) is 0.540. The van der Waals surface area contributed by atoms with Gasteiger partial charge in [-0.15, -0.1) is 0 Å². The van der Waals surface area contributed by atoms with Gasteiger partial charge in [0.15, 0.2) is 9.84 Å². The second-order valence-corrected chi connectivity index (χ2v) is 7.19. The molecule has 0 saturated carbocycles. The van der Waals surface area contributed by atoms with Crippen molar-refractivity contribution >= 4 is 15.7 Å². The van der Waals surface area contributed by atoms with E-state index in [1.165, 1.54) is 0 Å². The lowest BCUT2D eigenvalue weighted by Crippen LogP contribution is -2.49. The zero-order chi connectivity index (χ0) is 13.8. The predicted molar refractivity (Wildman–Crippen MR) is 71.9 cm³/mol. The third-order valence-corrected chi connectivity index (χ3v) is 5.19. The van der Waals surface area contributed by atoms with Crippen LogP contribution in [0.3, 0.4) is 0 Å². The van der Waals surface area contributed by atoms with Gasteiger partial charge in [-0.2, -0.15) is 0 Å². The lowest BCUT2D eigenvalue weighted by molar-refractivity contribution is -0.134. The van der Waals surface area contributed by atoms with Crippen molar-refractivity contribution in [3.8, 4) is 0 Å². The minimum atomic E-state index is -2.97. The van der Waals surface area contributed by atoms with Gasteiger partial charge in [0, 0.05) is 12.6 Å². The van der Waals surface area contributed by atoms with Crippen LogP contribution >= 0.6 is 0 Å². The van der Waals surface area contributed by atoms with Crippen LogP contribution in [-0.2, 0) is 14.6 Å². The Hall–Kier alpha value is -0.620. The number of hydrogen-bond acceptors (Lipinski definition) is 4. The molecular weight excluding hydrogens is 252 g/mol. The van der Waals surface area contributed by atoms with Crippen molar-refractivity contribution in [3.05, 3.63) is 0 Å². The highest BCUT2D eigenvalue weighted by Crippen LogP contribution is 2.19. The molecule has 1 heterocycles. The Kier molecular flexibility index (Phi) is 5.59. The first-order valence-corrected chi connectivity index (χ1v) is 8.50. The molecule has 1 saturated heterocycles. The maximum atomic E-state index is 12.2. The van der Waals surface area contributed by atoms with E-state index in [-0.39, 0.29) is 23.5 Å². The van der Waals surface area contributed by atoms with Gasteiger partial charge in [-0.05, 0) is 19.3 Å². The van der Waals surface area contributed by atoms with Gasteiger partial charge in [0.1, 0.15) is 0 Å². The van der Waals surface area contributed by atoms with Gasteiger partial charge in [0.05, 0.1) is 17.5 Å². The van der Waals surface area contributed by atoms with Crippen molar-refractivity contribution in [2.75, 3.05) is 18.1 Å². The van der Waals surface area contributed by atoms with E-state index in [0.29, 0.717) is 19.4 Å². The summed E-state index contributed by atoms with van der Waals surface area (Å²) in [5, 5.41) is 0. The minimum Gasteiger partial charge on any atom is -0.337 e. The summed E-state index contributed by atoms with van der Waals surface area (Å²) < 4.78 is 23.0. The topological polar surface area (TPSA) is 80.5 Å². The number of nitrogens with two attached hydrogens (primary N) is 1. The van der Waals surface area contributed by atoms with E-state index < -0.39 is 15.9 Å². The molecule has 106 valence electrons. The molecule has 1 aliphatic heterocycles. The molecule has 1 rings (SSSR count). The highest BCUT2D eigenvalue weighted by atomic mass is 32.2. The zero-order valence-corrected chi connectivity index (χ0v) is 12.1. The second kappa shape index (κ2) is 6.52. The largest absolute Gasteiger partial charge is 0.337 e. The standard InChI is InChI=1S/C12H24N2O3S/c1-3-5-7-14(12(15)11(13)4-2)10-6-8-18(16,17)9-10/h10-11H,3-9,13H2,1-2H3/t10?,11-/m1/s1. The van der Waals surface area contributed by atoms with Crippen LogP contribution in [0.15, 0.2) is 0 Å². The van der Waals surface area contributed by atoms with Gasteiger partial charge in [-0.3, -0.25) is 4.79 Å². The number of unbranched alkanes of at least 4 members (excludes halogenated alkanes) is 1. The highest BCUT2D eigenvalue weighted by molar-refractivity contribution is 7.91. The van der Waals surface area contributed by atoms with E-state index >= 15 is 0 Å². The van der Waals surface area contributed by atoms with Crippen LogP contribution in [0.5, 0.6) is 0 Å². The Morgan fingerprint density at radius 2 is 2.11 bits per heavy atom. The van der Waals surface area contributed by atoms with Crippen LogP contribution in [0.25, 0.3) is 0 Å². The Balaban J connectivity index is 2.75. The van der Waals surface area contributed by atoms with E-state index in [9.17, 15) is 13.2 Å².